The Kier molecular flexibility index (Phi) is 6.58. The second-order valence-electron chi connectivity index (χ2n) is 9.99. The van der Waals surface area contributed by atoms with Crippen molar-refractivity contribution in [3.8, 4) is 11.1 Å². The number of esters is 1. The van der Waals surface area contributed by atoms with Gasteiger partial charge in [0.2, 0.25) is 0 Å². The fraction of sp³-hybridized carbons (Fsp3) is 0.310. The second kappa shape index (κ2) is 9.43. The minimum atomic E-state index is -1.44. The molecule has 1 aliphatic carbocycles. The van der Waals surface area contributed by atoms with E-state index in [0.717, 1.165) is 27.8 Å². The highest BCUT2D eigenvalue weighted by Gasteiger charge is 2.36. The summed E-state index contributed by atoms with van der Waals surface area (Å²) in [6.07, 6.45) is 0.269. The van der Waals surface area contributed by atoms with Gasteiger partial charge in [-0.05, 0) is 45.2 Å². The molecule has 0 aliphatic heterocycles. The van der Waals surface area contributed by atoms with E-state index < -0.39 is 23.9 Å². The molecule has 5 nitrogen and oxygen atoms in total. The molecule has 2 unspecified atom stereocenters. The zero-order valence-corrected chi connectivity index (χ0v) is 19.8. The van der Waals surface area contributed by atoms with E-state index in [1.54, 1.807) is 0 Å². The molecule has 0 saturated heterocycles. The van der Waals surface area contributed by atoms with E-state index in [9.17, 15) is 14.7 Å². The summed E-state index contributed by atoms with van der Waals surface area (Å²) in [5, 5.41) is 9.77. The third-order valence-corrected chi connectivity index (χ3v) is 6.59. The Hall–Kier alpha value is -3.44. The number of fused-ring (bicyclic) bond motifs is 3. The quantitative estimate of drug-likeness (QED) is 0.389. The predicted octanol–water partition coefficient (Wildman–Crippen LogP) is 4.91. The molecule has 2 atom stereocenters. The molecule has 5 heteroatoms. The van der Waals surface area contributed by atoms with Crippen LogP contribution in [0.5, 0.6) is 0 Å². The molecule has 1 aliphatic rings. The Bertz CT molecular complexity index is 1150. The average molecular weight is 458 g/mol. The van der Waals surface area contributed by atoms with Crippen molar-refractivity contribution in [3.63, 3.8) is 0 Å². The van der Waals surface area contributed by atoms with Crippen molar-refractivity contribution in [3.05, 3.63) is 95.1 Å². The molecule has 0 fully saturated rings. The maximum Gasteiger partial charge on any atom is 0.321 e. The Morgan fingerprint density at radius 3 is 1.94 bits per heavy atom. The fourth-order valence-electron chi connectivity index (χ4n) is 4.68. The molecule has 0 heterocycles. The summed E-state index contributed by atoms with van der Waals surface area (Å²) in [6.45, 7) is 6.46. The molecule has 0 saturated carbocycles. The van der Waals surface area contributed by atoms with Gasteiger partial charge in [-0.25, -0.2) is 0 Å². The smallest absolute Gasteiger partial charge is 0.321 e. The zero-order chi connectivity index (χ0) is 24.5. The van der Waals surface area contributed by atoms with Crippen molar-refractivity contribution in [1.29, 1.82) is 0 Å². The van der Waals surface area contributed by atoms with Gasteiger partial charge in [0.05, 0.1) is 0 Å². The number of aliphatic carboxylic acids is 1. The number of carbonyl (C=O) groups excluding carboxylic acids is 1. The standard InChI is InChI=1S/C29H31NO4/c1-29(2,3)19-14-12-18(13-15-19)16-25(30)26(27(31)32)28(33)34-17-24-22-10-6-4-8-20(22)21-9-5-7-11-23(21)24/h4-15,24-26H,16-17,30H2,1-3H3,(H,31,32). The van der Waals surface area contributed by atoms with Crippen LogP contribution < -0.4 is 5.73 Å². The molecule has 3 N–H and O–H groups in total. The van der Waals surface area contributed by atoms with E-state index in [-0.39, 0.29) is 24.4 Å². The van der Waals surface area contributed by atoms with Crippen LogP contribution in [0.4, 0.5) is 0 Å². The summed E-state index contributed by atoms with van der Waals surface area (Å²) in [4.78, 5) is 24.9. The number of carbonyl (C=O) groups is 2. The molecule has 3 aromatic carbocycles. The molecule has 0 bridgehead atoms. The molecule has 0 spiro atoms. The summed E-state index contributed by atoms with van der Waals surface area (Å²) in [5.41, 5.74) is 12.7. The summed E-state index contributed by atoms with van der Waals surface area (Å²) >= 11 is 0. The van der Waals surface area contributed by atoms with Crippen molar-refractivity contribution in [2.75, 3.05) is 6.61 Å². The highest BCUT2D eigenvalue weighted by molar-refractivity contribution is 5.95. The lowest BCUT2D eigenvalue weighted by atomic mass is 9.86. The highest BCUT2D eigenvalue weighted by atomic mass is 16.5. The monoisotopic (exact) mass is 457 g/mol. The van der Waals surface area contributed by atoms with Gasteiger partial charge in [0.15, 0.2) is 5.92 Å². The average Bonchev–Trinajstić information content (AvgIpc) is 3.11. The summed E-state index contributed by atoms with van der Waals surface area (Å²) in [5.74, 6) is -3.63. The Morgan fingerprint density at radius 2 is 1.44 bits per heavy atom. The number of rotatable bonds is 7. The number of carboxylic acid groups (broad SMARTS) is 1. The van der Waals surface area contributed by atoms with Crippen LogP contribution in [-0.2, 0) is 26.2 Å². The molecule has 3 aromatic rings. The maximum absolute atomic E-state index is 12.9. The minimum absolute atomic E-state index is 0.0194. The first-order chi connectivity index (χ1) is 16.2. The number of ether oxygens (including phenoxy) is 1. The van der Waals surface area contributed by atoms with Crippen LogP contribution in [0.2, 0.25) is 0 Å². The number of nitrogens with two attached hydrogens (primary N) is 1. The zero-order valence-electron chi connectivity index (χ0n) is 19.8. The molecular weight excluding hydrogens is 426 g/mol. The van der Waals surface area contributed by atoms with Gasteiger partial charge < -0.3 is 15.6 Å². The molecule has 34 heavy (non-hydrogen) atoms. The van der Waals surface area contributed by atoms with E-state index in [1.807, 2.05) is 60.7 Å². The maximum atomic E-state index is 12.9. The molecule has 0 amide bonds. The van der Waals surface area contributed by atoms with Gasteiger partial charge in [-0.3, -0.25) is 9.59 Å². The topological polar surface area (TPSA) is 89.6 Å². The lowest BCUT2D eigenvalue weighted by Gasteiger charge is -2.22. The number of hydrogen-bond acceptors (Lipinski definition) is 4. The van der Waals surface area contributed by atoms with Crippen LogP contribution in [0.3, 0.4) is 0 Å². The summed E-state index contributed by atoms with van der Waals surface area (Å²) < 4.78 is 5.59. The van der Waals surface area contributed by atoms with Crippen molar-refractivity contribution in [2.24, 2.45) is 11.7 Å². The lowest BCUT2D eigenvalue weighted by molar-refractivity contribution is -0.159. The van der Waals surface area contributed by atoms with Crippen molar-refractivity contribution in [1.82, 2.24) is 0 Å². The van der Waals surface area contributed by atoms with E-state index in [4.69, 9.17) is 10.5 Å². The fourth-order valence-corrected chi connectivity index (χ4v) is 4.68. The largest absolute Gasteiger partial charge is 0.481 e. The molecule has 4 rings (SSSR count). The first kappa shape index (κ1) is 23.7. The number of benzene rings is 3. The normalized spacial score (nSPS) is 14.7. The van der Waals surface area contributed by atoms with E-state index in [0.29, 0.717) is 0 Å². The number of carboxylic acids is 1. The third-order valence-electron chi connectivity index (χ3n) is 6.59. The second-order valence-corrected chi connectivity index (χ2v) is 9.99. The summed E-state index contributed by atoms with van der Waals surface area (Å²) in [7, 11) is 0. The molecule has 0 radical (unpaired) electrons. The van der Waals surface area contributed by atoms with E-state index in [2.05, 4.69) is 32.9 Å². The highest BCUT2D eigenvalue weighted by Crippen LogP contribution is 2.44. The first-order valence-electron chi connectivity index (χ1n) is 11.6. The van der Waals surface area contributed by atoms with Crippen LogP contribution in [0.1, 0.15) is 48.9 Å². The predicted molar refractivity (Wildman–Crippen MR) is 133 cm³/mol. The van der Waals surface area contributed by atoms with Crippen molar-refractivity contribution >= 4 is 11.9 Å². The first-order valence-corrected chi connectivity index (χ1v) is 11.6. The van der Waals surface area contributed by atoms with Crippen LogP contribution >= 0.6 is 0 Å². The molecular formula is C29H31NO4. The van der Waals surface area contributed by atoms with E-state index in [1.165, 1.54) is 5.56 Å². The molecule has 0 aromatic heterocycles. The van der Waals surface area contributed by atoms with Gasteiger partial charge in [-0.2, -0.15) is 0 Å². The Labute approximate surface area is 200 Å². The van der Waals surface area contributed by atoms with Crippen molar-refractivity contribution < 1.29 is 19.4 Å². The Morgan fingerprint density at radius 1 is 0.912 bits per heavy atom. The minimum Gasteiger partial charge on any atom is -0.481 e. The van der Waals surface area contributed by atoms with Gasteiger partial charge in [0.1, 0.15) is 6.61 Å². The third kappa shape index (κ3) is 4.75. The van der Waals surface area contributed by atoms with E-state index >= 15 is 0 Å². The molecule has 176 valence electrons. The lowest BCUT2D eigenvalue weighted by Crippen LogP contribution is -2.43. The van der Waals surface area contributed by atoms with Crippen LogP contribution in [0, 0.1) is 5.92 Å². The van der Waals surface area contributed by atoms with Gasteiger partial charge in [0.25, 0.3) is 0 Å². The van der Waals surface area contributed by atoms with Crippen LogP contribution in [0.15, 0.2) is 72.8 Å². The van der Waals surface area contributed by atoms with Gasteiger partial charge in [0, 0.05) is 12.0 Å². The van der Waals surface area contributed by atoms with Gasteiger partial charge >= 0.3 is 11.9 Å². The Balaban J connectivity index is 1.46. The van der Waals surface area contributed by atoms with Crippen LogP contribution in [0.25, 0.3) is 11.1 Å². The van der Waals surface area contributed by atoms with Crippen LogP contribution in [-0.4, -0.2) is 29.7 Å². The SMILES string of the molecule is CC(C)(C)c1ccc(CC(N)C(C(=O)O)C(=O)OCC2c3ccccc3-c3ccccc32)cc1. The number of hydrogen-bond donors (Lipinski definition) is 2. The van der Waals surface area contributed by atoms with Crippen molar-refractivity contribution in [2.45, 2.75) is 44.6 Å². The van der Waals surface area contributed by atoms with Gasteiger partial charge in [-0.1, -0.05) is 93.6 Å². The summed E-state index contributed by atoms with van der Waals surface area (Å²) in [6, 6.07) is 23.1. The van der Waals surface area contributed by atoms with Gasteiger partial charge in [-0.15, -0.1) is 0 Å².